The summed E-state index contributed by atoms with van der Waals surface area (Å²) in [4.78, 5) is 35.9. The molecule has 0 aromatic heterocycles. The van der Waals surface area contributed by atoms with Crippen molar-refractivity contribution < 1.29 is 19.6 Å². The lowest BCUT2D eigenvalue weighted by atomic mass is 10.1. The molecule has 24 heavy (non-hydrogen) atoms. The molecule has 1 saturated heterocycles. The molecule has 8 heteroatoms. The van der Waals surface area contributed by atoms with Crippen LogP contribution < -0.4 is 4.90 Å². The first-order valence-electron chi connectivity index (χ1n) is 6.78. The van der Waals surface area contributed by atoms with E-state index in [-0.39, 0.29) is 21.9 Å². The Morgan fingerprint density at radius 3 is 2.50 bits per heavy atom. The van der Waals surface area contributed by atoms with E-state index in [9.17, 15) is 24.8 Å². The number of phenolic OH excluding ortho intramolecular Hbond substituents is 1. The number of hydrogen-bond acceptors (Lipinski definition) is 6. The zero-order valence-corrected chi connectivity index (χ0v) is 12.9. The number of nitro benzene ring substituents is 1. The molecule has 0 aliphatic carbocycles. The monoisotopic (exact) mass is 342 g/mol. The summed E-state index contributed by atoms with van der Waals surface area (Å²) in [5.74, 6) is -0.755. The number of benzene rings is 2. The molecule has 2 amide bonds. The number of hydrogen-bond donors (Lipinski definition) is 1. The molecular formula is C16H10N2O5S. The van der Waals surface area contributed by atoms with Gasteiger partial charge in [-0.1, -0.05) is 18.2 Å². The largest absolute Gasteiger partial charge is 0.507 e. The van der Waals surface area contributed by atoms with Crippen molar-refractivity contribution >= 4 is 40.4 Å². The molecule has 1 heterocycles. The predicted octanol–water partition coefficient (Wildman–Crippen LogP) is 3.54. The highest BCUT2D eigenvalue weighted by Crippen LogP contribution is 2.37. The van der Waals surface area contributed by atoms with Gasteiger partial charge in [0.25, 0.3) is 16.8 Å². The Bertz CT molecular complexity index is 879. The van der Waals surface area contributed by atoms with Crippen molar-refractivity contribution in [2.45, 2.75) is 0 Å². The van der Waals surface area contributed by atoms with Gasteiger partial charge < -0.3 is 5.11 Å². The highest BCUT2D eigenvalue weighted by Gasteiger charge is 2.36. The Morgan fingerprint density at radius 2 is 1.83 bits per heavy atom. The van der Waals surface area contributed by atoms with E-state index in [1.807, 2.05) is 0 Å². The summed E-state index contributed by atoms with van der Waals surface area (Å²) in [6, 6.07) is 11.9. The Morgan fingerprint density at radius 1 is 1.12 bits per heavy atom. The number of rotatable bonds is 3. The maximum absolute atomic E-state index is 12.5. The SMILES string of the molecule is O=C1SC(=Cc2cc([N+](=O)[O-])ccc2O)C(=O)N1c1ccccc1. The number of phenols is 1. The summed E-state index contributed by atoms with van der Waals surface area (Å²) in [5, 5.41) is 20.2. The van der Waals surface area contributed by atoms with Crippen molar-refractivity contribution in [2.75, 3.05) is 4.90 Å². The second-order valence-corrected chi connectivity index (χ2v) is 5.85. The standard InChI is InChI=1S/C16H10N2O5S/c19-13-7-6-12(18(22)23)8-10(13)9-14-15(20)17(16(21)24-14)11-4-2-1-3-5-11/h1-9,19H. The maximum atomic E-state index is 12.5. The molecule has 0 unspecified atom stereocenters. The number of nitro groups is 1. The Hall–Kier alpha value is -3.13. The third-order valence-corrected chi connectivity index (χ3v) is 4.19. The van der Waals surface area contributed by atoms with Gasteiger partial charge in [0.15, 0.2) is 0 Å². The lowest BCUT2D eigenvalue weighted by Crippen LogP contribution is -2.27. The zero-order chi connectivity index (χ0) is 17.3. The fraction of sp³-hybridized carbons (Fsp3) is 0. The lowest BCUT2D eigenvalue weighted by molar-refractivity contribution is -0.384. The summed E-state index contributed by atoms with van der Waals surface area (Å²) in [5.41, 5.74) is 0.316. The first-order valence-corrected chi connectivity index (χ1v) is 7.59. The van der Waals surface area contributed by atoms with E-state index >= 15 is 0 Å². The third kappa shape index (κ3) is 2.86. The Balaban J connectivity index is 1.98. The summed E-state index contributed by atoms with van der Waals surface area (Å²) in [6.07, 6.45) is 1.27. The summed E-state index contributed by atoms with van der Waals surface area (Å²) < 4.78 is 0. The van der Waals surface area contributed by atoms with Crippen LogP contribution in [0.15, 0.2) is 53.4 Å². The van der Waals surface area contributed by atoms with Gasteiger partial charge in [-0.15, -0.1) is 0 Å². The zero-order valence-electron chi connectivity index (χ0n) is 12.1. The van der Waals surface area contributed by atoms with Crippen molar-refractivity contribution in [1.82, 2.24) is 0 Å². The van der Waals surface area contributed by atoms with Crippen LogP contribution in [0, 0.1) is 10.1 Å². The number of amides is 2. The molecule has 7 nitrogen and oxygen atoms in total. The molecule has 0 radical (unpaired) electrons. The minimum atomic E-state index is -0.605. The number of thioether (sulfide) groups is 1. The Labute approximate surface area is 140 Å². The summed E-state index contributed by atoms with van der Waals surface area (Å²) in [6.45, 7) is 0. The molecule has 0 saturated carbocycles. The number of nitrogens with zero attached hydrogens (tertiary/aromatic N) is 2. The van der Waals surface area contributed by atoms with Gasteiger partial charge in [0, 0.05) is 17.7 Å². The van der Waals surface area contributed by atoms with Crippen LogP contribution in [0.3, 0.4) is 0 Å². The second-order valence-electron chi connectivity index (χ2n) is 4.85. The molecule has 1 aliphatic rings. The van der Waals surface area contributed by atoms with Gasteiger partial charge in [0.1, 0.15) is 5.75 Å². The number of non-ortho nitro benzene ring substituents is 1. The minimum absolute atomic E-state index is 0.0830. The van der Waals surface area contributed by atoms with Crippen molar-refractivity contribution in [3.8, 4) is 5.75 Å². The van der Waals surface area contributed by atoms with E-state index in [1.165, 1.54) is 12.1 Å². The van der Waals surface area contributed by atoms with Crippen LogP contribution in [0.5, 0.6) is 5.75 Å². The van der Waals surface area contributed by atoms with E-state index in [1.54, 1.807) is 30.3 Å². The van der Waals surface area contributed by atoms with Crippen LogP contribution in [0.4, 0.5) is 16.2 Å². The van der Waals surface area contributed by atoms with Crippen LogP contribution in [0.25, 0.3) is 6.08 Å². The van der Waals surface area contributed by atoms with Crippen molar-refractivity contribution in [3.63, 3.8) is 0 Å². The van der Waals surface area contributed by atoms with Gasteiger partial charge in [-0.25, -0.2) is 4.90 Å². The average molecular weight is 342 g/mol. The van der Waals surface area contributed by atoms with E-state index in [0.717, 1.165) is 17.0 Å². The van der Waals surface area contributed by atoms with Crippen LogP contribution >= 0.6 is 11.8 Å². The number of imide groups is 1. The Kier molecular flexibility index (Phi) is 4.05. The number of aromatic hydroxyl groups is 1. The topological polar surface area (TPSA) is 101 Å². The van der Waals surface area contributed by atoms with Gasteiger partial charge >= 0.3 is 0 Å². The lowest BCUT2D eigenvalue weighted by Gasteiger charge is -2.11. The molecular weight excluding hydrogens is 332 g/mol. The van der Waals surface area contributed by atoms with Gasteiger partial charge in [0.2, 0.25) is 0 Å². The van der Waals surface area contributed by atoms with Crippen LogP contribution in [0.2, 0.25) is 0 Å². The van der Waals surface area contributed by atoms with Crippen molar-refractivity contribution in [1.29, 1.82) is 0 Å². The van der Waals surface area contributed by atoms with Crippen LogP contribution in [0.1, 0.15) is 5.56 Å². The average Bonchev–Trinajstić information content (AvgIpc) is 2.84. The third-order valence-electron chi connectivity index (χ3n) is 3.32. The van der Waals surface area contributed by atoms with Gasteiger partial charge in [-0.3, -0.25) is 19.7 Å². The molecule has 120 valence electrons. The predicted molar refractivity (Wildman–Crippen MR) is 89.7 cm³/mol. The molecule has 3 rings (SSSR count). The smallest absolute Gasteiger partial charge is 0.298 e. The van der Waals surface area contributed by atoms with Crippen LogP contribution in [-0.4, -0.2) is 21.2 Å². The molecule has 1 fully saturated rings. The maximum Gasteiger partial charge on any atom is 0.298 e. The fourth-order valence-electron chi connectivity index (χ4n) is 2.18. The molecule has 2 aromatic carbocycles. The molecule has 0 atom stereocenters. The molecule has 0 bridgehead atoms. The second kappa shape index (κ2) is 6.17. The first kappa shape index (κ1) is 15.8. The van der Waals surface area contributed by atoms with E-state index in [0.29, 0.717) is 17.4 Å². The molecule has 0 spiro atoms. The summed E-state index contributed by atoms with van der Waals surface area (Å²) in [7, 11) is 0. The molecule has 1 N–H and O–H groups in total. The van der Waals surface area contributed by atoms with E-state index in [4.69, 9.17) is 0 Å². The minimum Gasteiger partial charge on any atom is -0.507 e. The number of para-hydroxylation sites is 1. The van der Waals surface area contributed by atoms with Gasteiger partial charge in [0.05, 0.1) is 15.5 Å². The number of anilines is 1. The van der Waals surface area contributed by atoms with Crippen molar-refractivity contribution in [2.24, 2.45) is 0 Å². The van der Waals surface area contributed by atoms with E-state index < -0.39 is 16.1 Å². The highest BCUT2D eigenvalue weighted by molar-refractivity contribution is 8.19. The van der Waals surface area contributed by atoms with E-state index in [2.05, 4.69) is 0 Å². The van der Waals surface area contributed by atoms with Crippen LogP contribution in [-0.2, 0) is 4.79 Å². The summed E-state index contributed by atoms with van der Waals surface area (Å²) >= 11 is 0.712. The first-order chi connectivity index (χ1) is 11.5. The van der Waals surface area contributed by atoms with Gasteiger partial charge in [-0.2, -0.15) is 0 Å². The normalized spacial score (nSPS) is 16.0. The fourth-order valence-corrected chi connectivity index (χ4v) is 3.01. The van der Waals surface area contributed by atoms with Gasteiger partial charge in [-0.05, 0) is 36.0 Å². The molecule has 1 aliphatic heterocycles. The number of carbonyl (C=O) groups excluding carboxylic acids is 2. The number of carbonyl (C=O) groups is 2. The van der Waals surface area contributed by atoms with Crippen molar-refractivity contribution in [3.05, 3.63) is 69.1 Å². The molecule has 2 aromatic rings. The highest BCUT2D eigenvalue weighted by atomic mass is 32.2. The quantitative estimate of drug-likeness (QED) is 0.520.